The first-order valence-corrected chi connectivity index (χ1v) is 5.91. The Balaban J connectivity index is 2.30. The number of hydrogen-bond acceptors (Lipinski definition) is 3. The summed E-state index contributed by atoms with van der Waals surface area (Å²) < 4.78 is 0. The van der Waals surface area contributed by atoms with Crippen LogP contribution in [0.4, 0.5) is 5.69 Å². The maximum Gasteiger partial charge on any atom is 0.394 e. The summed E-state index contributed by atoms with van der Waals surface area (Å²) >= 11 is 0. The minimum Gasteiger partial charge on any atom is -0.474 e. The average molecular weight is 262 g/mol. The van der Waals surface area contributed by atoms with Gasteiger partial charge in [0.25, 0.3) is 0 Å². The number of rotatable bonds is 1. The van der Waals surface area contributed by atoms with Gasteiger partial charge in [-0.15, -0.1) is 0 Å². The van der Waals surface area contributed by atoms with Crippen molar-refractivity contribution in [2.45, 2.75) is 19.4 Å². The van der Waals surface area contributed by atoms with Gasteiger partial charge in [0.2, 0.25) is 5.91 Å². The first-order valence-electron chi connectivity index (χ1n) is 5.91. The van der Waals surface area contributed by atoms with Gasteiger partial charge in [0.1, 0.15) is 0 Å². The molecular weight excluding hydrogens is 248 g/mol. The van der Waals surface area contributed by atoms with Crippen LogP contribution in [0.15, 0.2) is 24.3 Å². The molecule has 0 aromatic heterocycles. The maximum atomic E-state index is 11.5. The van der Waals surface area contributed by atoms with E-state index in [0.717, 1.165) is 11.3 Å². The molecule has 0 fully saturated rings. The van der Waals surface area contributed by atoms with Crippen molar-refractivity contribution in [1.82, 2.24) is 5.32 Å². The Labute approximate surface area is 110 Å². The summed E-state index contributed by atoms with van der Waals surface area (Å²) in [6.45, 7) is 1.93. The van der Waals surface area contributed by atoms with Crippen LogP contribution in [0.2, 0.25) is 0 Å². The van der Waals surface area contributed by atoms with Gasteiger partial charge in [-0.1, -0.05) is 18.2 Å². The number of carboxylic acids is 1. The van der Waals surface area contributed by atoms with E-state index in [-0.39, 0.29) is 11.9 Å². The second kappa shape index (κ2) is 5.09. The minimum absolute atomic E-state index is 0.0736. The molecule has 19 heavy (non-hydrogen) atoms. The van der Waals surface area contributed by atoms with E-state index in [1.807, 2.05) is 0 Å². The third-order valence-corrected chi connectivity index (χ3v) is 3.12. The molecule has 0 aliphatic carbocycles. The van der Waals surface area contributed by atoms with E-state index in [0.29, 0.717) is 13.0 Å². The molecule has 1 heterocycles. The molecule has 1 aliphatic heterocycles. The van der Waals surface area contributed by atoms with Gasteiger partial charge in [-0.05, 0) is 18.1 Å². The summed E-state index contributed by atoms with van der Waals surface area (Å²) in [5, 5.41) is 11.1. The molecule has 2 rings (SSSR count). The summed E-state index contributed by atoms with van der Waals surface area (Å²) in [5.74, 6) is -2.61. The average Bonchev–Trinajstić information content (AvgIpc) is 2.38. The number of para-hydroxylation sites is 1. The van der Waals surface area contributed by atoms with Crippen molar-refractivity contribution < 1.29 is 19.5 Å². The van der Waals surface area contributed by atoms with Crippen molar-refractivity contribution in [2.24, 2.45) is 0 Å². The summed E-state index contributed by atoms with van der Waals surface area (Å²) in [5.41, 5.74) is 1.48. The van der Waals surface area contributed by atoms with Gasteiger partial charge in [-0.2, -0.15) is 0 Å². The van der Waals surface area contributed by atoms with Gasteiger partial charge < -0.3 is 15.3 Å². The molecule has 1 unspecified atom stereocenters. The fourth-order valence-electron chi connectivity index (χ4n) is 2.26. The number of fused-ring (bicyclic) bond motifs is 1. The smallest absolute Gasteiger partial charge is 0.394 e. The zero-order valence-corrected chi connectivity index (χ0v) is 10.4. The number of nitrogens with one attached hydrogen (secondary N) is 1. The van der Waals surface area contributed by atoms with E-state index in [2.05, 4.69) is 5.32 Å². The molecule has 1 atom stereocenters. The molecular formula is C13H14N2O4. The van der Waals surface area contributed by atoms with Crippen LogP contribution in [0.1, 0.15) is 24.9 Å². The fraction of sp³-hybridized carbons (Fsp3) is 0.308. The summed E-state index contributed by atoms with van der Waals surface area (Å²) in [6.07, 6.45) is 0.496. The summed E-state index contributed by atoms with van der Waals surface area (Å²) in [7, 11) is 0. The Kier molecular flexibility index (Phi) is 3.50. The molecule has 6 heteroatoms. The highest BCUT2D eigenvalue weighted by atomic mass is 16.4. The Bertz CT molecular complexity index is 541. The molecule has 1 aromatic carbocycles. The summed E-state index contributed by atoms with van der Waals surface area (Å²) in [6, 6.07) is 6.79. The van der Waals surface area contributed by atoms with Crippen molar-refractivity contribution in [3.05, 3.63) is 29.8 Å². The number of carboxylic acid groups (broad SMARTS) is 1. The van der Waals surface area contributed by atoms with Crippen LogP contribution in [0.3, 0.4) is 0 Å². The Morgan fingerprint density at radius 1 is 1.32 bits per heavy atom. The Hall–Kier alpha value is -2.37. The molecule has 0 radical (unpaired) electrons. The monoisotopic (exact) mass is 262 g/mol. The lowest BCUT2D eigenvalue weighted by atomic mass is 9.96. The zero-order chi connectivity index (χ0) is 14.0. The van der Waals surface area contributed by atoms with Crippen molar-refractivity contribution in [2.75, 3.05) is 11.4 Å². The molecule has 0 saturated heterocycles. The number of amides is 2. The lowest BCUT2D eigenvalue weighted by Crippen LogP contribution is -2.41. The first-order chi connectivity index (χ1) is 9.00. The standard InChI is InChI=1S/C13H14N2O4/c1-8(16)15-7-6-10(14-12(17)13(18)19)9-4-2-3-5-11(9)15/h2-5,10H,6-7H2,1H3,(H,14,17)(H,18,19). The van der Waals surface area contributed by atoms with Crippen LogP contribution in [-0.2, 0) is 14.4 Å². The minimum atomic E-state index is -1.51. The Morgan fingerprint density at radius 3 is 2.63 bits per heavy atom. The second-order valence-corrected chi connectivity index (χ2v) is 4.35. The maximum absolute atomic E-state index is 11.5. The highest BCUT2D eigenvalue weighted by Gasteiger charge is 2.28. The highest BCUT2D eigenvalue weighted by Crippen LogP contribution is 2.33. The van der Waals surface area contributed by atoms with E-state index >= 15 is 0 Å². The van der Waals surface area contributed by atoms with Crippen LogP contribution in [-0.4, -0.2) is 29.4 Å². The lowest BCUT2D eigenvalue weighted by molar-refractivity contribution is -0.150. The predicted molar refractivity (Wildman–Crippen MR) is 67.6 cm³/mol. The largest absolute Gasteiger partial charge is 0.474 e. The van der Waals surface area contributed by atoms with Gasteiger partial charge in [0.05, 0.1) is 6.04 Å². The number of anilines is 1. The SMILES string of the molecule is CC(=O)N1CCC(NC(=O)C(=O)O)c2ccccc21. The van der Waals surface area contributed by atoms with E-state index in [1.165, 1.54) is 6.92 Å². The number of benzene rings is 1. The number of carbonyl (C=O) groups is 3. The fourth-order valence-corrected chi connectivity index (χ4v) is 2.26. The van der Waals surface area contributed by atoms with Crippen LogP contribution in [0, 0.1) is 0 Å². The van der Waals surface area contributed by atoms with Crippen molar-refractivity contribution >= 4 is 23.5 Å². The molecule has 0 spiro atoms. The second-order valence-electron chi connectivity index (χ2n) is 4.35. The molecule has 100 valence electrons. The van der Waals surface area contributed by atoms with Gasteiger partial charge >= 0.3 is 11.9 Å². The van der Waals surface area contributed by atoms with E-state index < -0.39 is 11.9 Å². The highest BCUT2D eigenvalue weighted by molar-refractivity contribution is 6.31. The van der Waals surface area contributed by atoms with Crippen molar-refractivity contribution in [3.8, 4) is 0 Å². The van der Waals surface area contributed by atoms with Crippen LogP contribution in [0.25, 0.3) is 0 Å². The lowest BCUT2D eigenvalue weighted by Gasteiger charge is -2.33. The molecule has 6 nitrogen and oxygen atoms in total. The number of carbonyl (C=O) groups excluding carboxylic acids is 2. The van der Waals surface area contributed by atoms with Gasteiger partial charge in [-0.3, -0.25) is 9.59 Å². The zero-order valence-electron chi connectivity index (χ0n) is 10.4. The number of aliphatic carboxylic acids is 1. The molecule has 1 aliphatic rings. The predicted octanol–water partition coefficient (Wildman–Crippen LogP) is 0.685. The van der Waals surface area contributed by atoms with Crippen LogP contribution in [0.5, 0.6) is 0 Å². The Morgan fingerprint density at radius 2 is 2.00 bits per heavy atom. The van der Waals surface area contributed by atoms with Crippen molar-refractivity contribution in [1.29, 1.82) is 0 Å². The topological polar surface area (TPSA) is 86.7 Å². The molecule has 0 saturated carbocycles. The van der Waals surface area contributed by atoms with E-state index in [9.17, 15) is 14.4 Å². The van der Waals surface area contributed by atoms with Gasteiger partial charge in [-0.25, -0.2) is 4.79 Å². The van der Waals surface area contributed by atoms with Gasteiger partial charge in [0, 0.05) is 19.2 Å². The normalized spacial score (nSPS) is 17.5. The van der Waals surface area contributed by atoms with E-state index in [4.69, 9.17) is 5.11 Å². The quantitative estimate of drug-likeness (QED) is 0.729. The molecule has 2 amide bonds. The third-order valence-electron chi connectivity index (χ3n) is 3.12. The van der Waals surface area contributed by atoms with Crippen LogP contribution >= 0.6 is 0 Å². The number of hydrogen-bond donors (Lipinski definition) is 2. The van der Waals surface area contributed by atoms with Crippen LogP contribution < -0.4 is 10.2 Å². The number of nitrogens with zero attached hydrogens (tertiary/aromatic N) is 1. The molecule has 2 N–H and O–H groups in total. The molecule has 1 aromatic rings. The van der Waals surface area contributed by atoms with Crippen molar-refractivity contribution in [3.63, 3.8) is 0 Å². The van der Waals surface area contributed by atoms with E-state index in [1.54, 1.807) is 29.2 Å². The summed E-state index contributed by atoms with van der Waals surface area (Å²) in [4.78, 5) is 35.0. The third kappa shape index (κ3) is 2.57. The van der Waals surface area contributed by atoms with Gasteiger partial charge in [0.15, 0.2) is 0 Å². The molecule has 0 bridgehead atoms. The first kappa shape index (κ1) is 13.1.